The Morgan fingerprint density at radius 1 is 1.19 bits per heavy atom. The lowest BCUT2D eigenvalue weighted by Gasteiger charge is -2.14. The highest BCUT2D eigenvalue weighted by molar-refractivity contribution is 6.31. The van der Waals surface area contributed by atoms with Gasteiger partial charge in [0, 0.05) is 12.2 Å². The molecule has 0 unspecified atom stereocenters. The van der Waals surface area contributed by atoms with E-state index in [9.17, 15) is 4.39 Å². The van der Waals surface area contributed by atoms with E-state index in [1.807, 2.05) is 6.08 Å². The maximum absolute atomic E-state index is 13.9. The van der Waals surface area contributed by atoms with E-state index in [0.29, 0.717) is 39.8 Å². The fraction of sp³-hybridized carbons (Fsp3) is 0.167. The summed E-state index contributed by atoms with van der Waals surface area (Å²) in [5, 5.41) is 6.75. The predicted molar refractivity (Wildman–Crippen MR) is 104 cm³/mol. The molecule has 8 heteroatoms. The molecule has 0 fully saturated rings. The number of halogens is 3. The van der Waals surface area contributed by atoms with Crippen molar-refractivity contribution in [3.8, 4) is 0 Å². The van der Waals surface area contributed by atoms with Crippen LogP contribution < -0.4 is 10.6 Å². The topological polar surface area (TPSA) is 62.7 Å². The number of benzene rings is 1. The zero-order valence-electron chi connectivity index (χ0n) is 13.8. The van der Waals surface area contributed by atoms with Crippen LogP contribution in [0, 0.1) is 5.82 Å². The highest BCUT2D eigenvalue weighted by atomic mass is 35.5. The first-order valence-electron chi connectivity index (χ1n) is 7.92. The molecule has 0 atom stereocenters. The smallest absolute Gasteiger partial charge is 0.160 e. The average Bonchev–Trinajstić information content (AvgIpc) is 2.63. The van der Waals surface area contributed by atoms with Crippen LogP contribution in [0.3, 0.4) is 0 Å². The Kier molecular flexibility index (Phi) is 5.98. The normalized spacial score (nSPS) is 10.9. The molecule has 0 aliphatic carbocycles. The summed E-state index contributed by atoms with van der Waals surface area (Å²) in [4.78, 5) is 12.7. The summed E-state index contributed by atoms with van der Waals surface area (Å²) in [6, 6.07) is 6.34. The summed E-state index contributed by atoms with van der Waals surface area (Å²) in [7, 11) is 0. The molecule has 0 aliphatic heterocycles. The van der Waals surface area contributed by atoms with Crippen LogP contribution in [0.25, 0.3) is 11.0 Å². The molecule has 0 spiro atoms. The van der Waals surface area contributed by atoms with Gasteiger partial charge in [-0.3, -0.25) is 0 Å². The summed E-state index contributed by atoms with van der Waals surface area (Å²) in [6.07, 6.45) is 4.06. The quantitative estimate of drug-likeness (QED) is 0.341. The Morgan fingerprint density at radius 2 is 2.04 bits per heavy atom. The molecule has 0 bridgehead atoms. The van der Waals surface area contributed by atoms with E-state index in [4.69, 9.17) is 23.2 Å². The summed E-state index contributed by atoms with van der Waals surface area (Å²) in [5.74, 6) is -0.0148. The van der Waals surface area contributed by atoms with E-state index in [2.05, 4.69) is 32.2 Å². The first-order chi connectivity index (χ1) is 12.6. The summed E-state index contributed by atoms with van der Waals surface area (Å²) >= 11 is 11.9. The number of pyridine rings is 1. The molecular weight excluding hydrogens is 376 g/mol. The Balaban J connectivity index is 1.95. The minimum atomic E-state index is -0.480. The van der Waals surface area contributed by atoms with Crippen molar-refractivity contribution < 1.29 is 4.39 Å². The molecule has 0 saturated heterocycles. The fourth-order valence-electron chi connectivity index (χ4n) is 2.41. The molecule has 134 valence electrons. The molecule has 1 aromatic carbocycles. The van der Waals surface area contributed by atoms with Gasteiger partial charge in [0.05, 0.1) is 10.5 Å². The number of hydrogen-bond donors (Lipinski definition) is 2. The number of nitrogens with one attached hydrogen (secondary N) is 2. The van der Waals surface area contributed by atoms with Crippen molar-refractivity contribution in [3.05, 3.63) is 64.8 Å². The first kappa shape index (κ1) is 18.5. The third-order valence-electron chi connectivity index (χ3n) is 3.69. The van der Waals surface area contributed by atoms with Crippen LogP contribution in [0.4, 0.5) is 15.9 Å². The SMILES string of the molecule is C=CCCNCc1cc(F)c(Cl)cc1Nc1ncnc2ccc(Cl)nc12. The van der Waals surface area contributed by atoms with Gasteiger partial charge in [0.15, 0.2) is 5.82 Å². The van der Waals surface area contributed by atoms with Gasteiger partial charge in [-0.25, -0.2) is 19.3 Å². The first-order valence-corrected chi connectivity index (χ1v) is 8.68. The Hall–Kier alpha value is -2.28. The summed E-state index contributed by atoms with van der Waals surface area (Å²) in [5.41, 5.74) is 2.51. The van der Waals surface area contributed by atoms with Crippen LogP contribution in [0.2, 0.25) is 10.2 Å². The predicted octanol–water partition coefficient (Wildman–Crippen LogP) is 4.88. The molecular formula is C18H16Cl2FN5. The molecule has 0 aliphatic rings. The number of fused-ring (bicyclic) bond motifs is 1. The molecule has 2 heterocycles. The van der Waals surface area contributed by atoms with Gasteiger partial charge in [0.25, 0.3) is 0 Å². The number of rotatable bonds is 7. The van der Waals surface area contributed by atoms with Crippen molar-refractivity contribution in [1.29, 1.82) is 0 Å². The molecule has 0 amide bonds. The Labute approximate surface area is 160 Å². The van der Waals surface area contributed by atoms with Crippen LogP contribution in [0.5, 0.6) is 0 Å². The van der Waals surface area contributed by atoms with Crippen molar-refractivity contribution >= 4 is 45.7 Å². The monoisotopic (exact) mass is 391 g/mol. The van der Waals surface area contributed by atoms with E-state index in [1.54, 1.807) is 12.1 Å². The van der Waals surface area contributed by atoms with Crippen molar-refractivity contribution in [2.45, 2.75) is 13.0 Å². The molecule has 2 N–H and O–H groups in total. The maximum Gasteiger partial charge on any atom is 0.160 e. The van der Waals surface area contributed by atoms with Gasteiger partial charge in [-0.05, 0) is 42.8 Å². The van der Waals surface area contributed by atoms with Crippen LogP contribution in [0.1, 0.15) is 12.0 Å². The minimum Gasteiger partial charge on any atom is -0.338 e. The van der Waals surface area contributed by atoms with E-state index in [1.165, 1.54) is 18.5 Å². The second kappa shape index (κ2) is 8.40. The molecule has 26 heavy (non-hydrogen) atoms. The van der Waals surface area contributed by atoms with Gasteiger partial charge in [-0.1, -0.05) is 29.3 Å². The van der Waals surface area contributed by atoms with E-state index in [-0.39, 0.29) is 5.02 Å². The molecule has 2 aromatic heterocycles. The van der Waals surface area contributed by atoms with Gasteiger partial charge in [-0.15, -0.1) is 6.58 Å². The molecule has 3 rings (SSSR count). The molecule has 3 aromatic rings. The lowest BCUT2D eigenvalue weighted by atomic mass is 10.1. The van der Waals surface area contributed by atoms with E-state index >= 15 is 0 Å². The summed E-state index contributed by atoms with van der Waals surface area (Å²) < 4.78 is 13.9. The van der Waals surface area contributed by atoms with Crippen molar-refractivity contribution in [3.63, 3.8) is 0 Å². The van der Waals surface area contributed by atoms with Crippen molar-refractivity contribution in [1.82, 2.24) is 20.3 Å². The largest absolute Gasteiger partial charge is 0.338 e. The number of aromatic nitrogens is 3. The van der Waals surface area contributed by atoms with Crippen LogP contribution in [-0.2, 0) is 6.54 Å². The van der Waals surface area contributed by atoms with Crippen LogP contribution in [0.15, 0.2) is 43.2 Å². The maximum atomic E-state index is 13.9. The lowest BCUT2D eigenvalue weighted by molar-refractivity contribution is 0.621. The lowest BCUT2D eigenvalue weighted by Crippen LogP contribution is -2.15. The zero-order chi connectivity index (χ0) is 18.5. The van der Waals surface area contributed by atoms with Gasteiger partial charge >= 0.3 is 0 Å². The van der Waals surface area contributed by atoms with Gasteiger partial charge in [-0.2, -0.15) is 0 Å². The van der Waals surface area contributed by atoms with Crippen LogP contribution >= 0.6 is 23.2 Å². The van der Waals surface area contributed by atoms with Gasteiger partial charge in [0.2, 0.25) is 0 Å². The number of hydrogen-bond acceptors (Lipinski definition) is 5. The zero-order valence-corrected chi connectivity index (χ0v) is 15.3. The molecule has 0 saturated carbocycles. The Morgan fingerprint density at radius 3 is 2.85 bits per heavy atom. The third kappa shape index (κ3) is 4.27. The third-order valence-corrected chi connectivity index (χ3v) is 4.19. The Bertz CT molecular complexity index is 948. The standard InChI is InChI=1S/C18H16Cl2FN5/c1-2-3-6-22-9-11-7-13(21)12(19)8-15(11)25-18-17-14(23-10-24-18)4-5-16(20)26-17/h2,4-5,7-8,10,22H,1,3,6,9H2,(H,23,24,25). The van der Waals surface area contributed by atoms with Crippen LogP contribution in [-0.4, -0.2) is 21.5 Å². The second-order valence-electron chi connectivity index (χ2n) is 5.53. The van der Waals surface area contributed by atoms with E-state index in [0.717, 1.165) is 13.0 Å². The van der Waals surface area contributed by atoms with E-state index < -0.39 is 5.82 Å². The minimum absolute atomic E-state index is 0.0201. The van der Waals surface area contributed by atoms with Crippen molar-refractivity contribution in [2.75, 3.05) is 11.9 Å². The average molecular weight is 392 g/mol. The summed E-state index contributed by atoms with van der Waals surface area (Å²) in [6.45, 7) is 4.88. The fourth-order valence-corrected chi connectivity index (χ4v) is 2.72. The number of anilines is 2. The second-order valence-corrected chi connectivity index (χ2v) is 6.32. The highest BCUT2D eigenvalue weighted by Crippen LogP contribution is 2.29. The van der Waals surface area contributed by atoms with Gasteiger partial charge < -0.3 is 10.6 Å². The molecule has 5 nitrogen and oxygen atoms in total. The van der Waals surface area contributed by atoms with Crippen molar-refractivity contribution in [2.24, 2.45) is 0 Å². The number of nitrogens with zero attached hydrogens (tertiary/aromatic N) is 3. The highest BCUT2D eigenvalue weighted by Gasteiger charge is 2.12. The van der Waals surface area contributed by atoms with Gasteiger partial charge in [0.1, 0.15) is 22.8 Å². The molecule has 0 radical (unpaired) electrons.